The maximum Gasteiger partial charge on any atom is 0.351 e. The van der Waals surface area contributed by atoms with Crippen LogP contribution in [0.25, 0.3) is 0 Å². The highest BCUT2D eigenvalue weighted by molar-refractivity contribution is 7.18. The Morgan fingerprint density at radius 2 is 2.40 bits per heavy atom. The van der Waals surface area contributed by atoms with Crippen LogP contribution in [0.1, 0.15) is 21.9 Å². The number of nitrogens with zero attached hydrogens (tertiary/aromatic N) is 4. The molecule has 1 N–H and O–H groups in total. The van der Waals surface area contributed by atoms with Gasteiger partial charge in [-0.3, -0.25) is 0 Å². The van der Waals surface area contributed by atoms with Crippen LogP contribution in [0.3, 0.4) is 0 Å². The number of aryl methyl sites for hydroxylation is 2. The summed E-state index contributed by atoms with van der Waals surface area (Å²) in [6.45, 7) is 0.706. The molecule has 0 aromatic carbocycles. The van der Waals surface area contributed by atoms with E-state index in [2.05, 4.69) is 25.2 Å². The Morgan fingerprint density at radius 1 is 1.60 bits per heavy atom. The summed E-state index contributed by atoms with van der Waals surface area (Å²) >= 11 is 7.05. The van der Waals surface area contributed by atoms with Crippen LogP contribution in [0.4, 0.5) is 5.13 Å². The highest BCUT2D eigenvalue weighted by Gasteiger charge is 2.16. The zero-order valence-electron chi connectivity index (χ0n) is 11.1. The molecule has 2 aromatic rings. The van der Waals surface area contributed by atoms with Gasteiger partial charge in [0.1, 0.15) is 12.2 Å². The Labute approximate surface area is 124 Å². The third-order valence-electron chi connectivity index (χ3n) is 2.62. The predicted octanol–water partition coefficient (Wildman–Crippen LogP) is 1.76. The molecule has 0 bridgehead atoms. The molecule has 2 heterocycles. The minimum Gasteiger partial charge on any atom is -0.465 e. The second-order valence-corrected chi connectivity index (χ2v) is 5.38. The van der Waals surface area contributed by atoms with E-state index in [1.54, 1.807) is 6.33 Å². The van der Waals surface area contributed by atoms with Crippen molar-refractivity contribution in [1.82, 2.24) is 19.7 Å². The average molecular weight is 316 g/mol. The van der Waals surface area contributed by atoms with Crippen molar-refractivity contribution in [1.29, 1.82) is 0 Å². The van der Waals surface area contributed by atoms with Gasteiger partial charge in [-0.1, -0.05) is 22.9 Å². The van der Waals surface area contributed by atoms with Crippen LogP contribution >= 0.6 is 22.9 Å². The summed E-state index contributed by atoms with van der Waals surface area (Å²) in [7, 11) is 3.22. The van der Waals surface area contributed by atoms with E-state index in [1.165, 1.54) is 18.4 Å². The van der Waals surface area contributed by atoms with Gasteiger partial charge in [0.2, 0.25) is 0 Å². The molecule has 0 saturated carbocycles. The molecule has 0 spiro atoms. The summed E-state index contributed by atoms with van der Waals surface area (Å²) in [5.74, 6) is 0.457. The van der Waals surface area contributed by atoms with Crippen molar-refractivity contribution in [3.63, 3.8) is 0 Å². The lowest BCUT2D eigenvalue weighted by atomic mass is 10.3. The van der Waals surface area contributed by atoms with Crippen molar-refractivity contribution in [2.24, 2.45) is 7.05 Å². The molecule has 108 valence electrons. The van der Waals surface area contributed by atoms with E-state index in [9.17, 15) is 4.79 Å². The van der Waals surface area contributed by atoms with Crippen molar-refractivity contribution in [3.8, 4) is 0 Å². The molecule has 9 heteroatoms. The number of ether oxygens (including phenoxy) is 1. The molecular weight excluding hydrogens is 302 g/mol. The predicted molar refractivity (Wildman–Crippen MR) is 76.3 cm³/mol. The summed E-state index contributed by atoms with van der Waals surface area (Å²) in [5.41, 5.74) is 0. The quantitative estimate of drug-likeness (QED) is 0.646. The van der Waals surface area contributed by atoms with Crippen LogP contribution in [0.2, 0.25) is 5.15 Å². The third kappa shape index (κ3) is 3.45. The van der Waals surface area contributed by atoms with Gasteiger partial charge in [0, 0.05) is 20.0 Å². The van der Waals surface area contributed by atoms with Crippen LogP contribution in [-0.2, 0) is 18.2 Å². The van der Waals surface area contributed by atoms with Crippen LogP contribution < -0.4 is 5.32 Å². The van der Waals surface area contributed by atoms with E-state index in [1.807, 2.05) is 11.6 Å². The first-order valence-corrected chi connectivity index (χ1v) is 7.12. The molecule has 20 heavy (non-hydrogen) atoms. The molecule has 0 saturated heterocycles. The van der Waals surface area contributed by atoms with Crippen LogP contribution in [0.5, 0.6) is 0 Å². The number of anilines is 1. The van der Waals surface area contributed by atoms with Gasteiger partial charge in [-0.25, -0.2) is 9.78 Å². The number of carbonyl (C=O) groups is 1. The van der Waals surface area contributed by atoms with Gasteiger partial charge in [-0.15, -0.1) is 10.2 Å². The Morgan fingerprint density at radius 3 is 3.05 bits per heavy atom. The van der Waals surface area contributed by atoms with Crippen LogP contribution in [-0.4, -0.2) is 39.4 Å². The molecule has 0 aliphatic heterocycles. The average Bonchev–Trinajstić information content (AvgIpc) is 3.00. The number of halogens is 1. The van der Waals surface area contributed by atoms with Gasteiger partial charge < -0.3 is 14.6 Å². The minimum absolute atomic E-state index is 0.164. The highest BCUT2D eigenvalue weighted by atomic mass is 35.5. The van der Waals surface area contributed by atoms with Crippen molar-refractivity contribution in [3.05, 3.63) is 22.2 Å². The normalized spacial score (nSPS) is 10.6. The van der Waals surface area contributed by atoms with E-state index in [4.69, 9.17) is 11.6 Å². The summed E-state index contributed by atoms with van der Waals surface area (Å²) < 4.78 is 6.50. The number of carbonyl (C=O) groups excluding carboxylic acids is 1. The fourth-order valence-electron chi connectivity index (χ4n) is 1.57. The monoisotopic (exact) mass is 315 g/mol. The Bertz CT molecular complexity index is 597. The van der Waals surface area contributed by atoms with E-state index >= 15 is 0 Å². The molecular formula is C11H14ClN5O2S. The SMILES string of the molecule is COC(=O)c1sc(NCCCc2nncn2C)nc1Cl. The number of esters is 1. The first kappa shape index (κ1) is 14.7. The van der Waals surface area contributed by atoms with Crippen LogP contribution in [0, 0.1) is 0 Å². The van der Waals surface area contributed by atoms with E-state index in [0.29, 0.717) is 16.6 Å². The van der Waals surface area contributed by atoms with Crippen molar-refractivity contribution in [2.45, 2.75) is 12.8 Å². The number of hydrogen-bond donors (Lipinski definition) is 1. The number of thiazole rings is 1. The summed E-state index contributed by atoms with van der Waals surface area (Å²) in [6, 6.07) is 0. The second-order valence-electron chi connectivity index (χ2n) is 4.02. The fourth-order valence-corrected chi connectivity index (χ4v) is 2.70. The molecule has 0 fully saturated rings. The lowest BCUT2D eigenvalue weighted by Crippen LogP contribution is -2.05. The van der Waals surface area contributed by atoms with Gasteiger partial charge in [0.25, 0.3) is 0 Å². The van der Waals surface area contributed by atoms with Gasteiger partial charge in [0.15, 0.2) is 15.2 Å². The lowest BCUT2D eigenvalue weighted by Gasteiger charge is -2.02. The Hall–Kier alpha value is -1.67. The molecule has 0 atom stereocenters. The maximum absolute atomic E-state index is 11.4. The maximum atomic E-state index is 11.4. The Kier molecular flexibility index (Phi) is 4.91. The largest absolute Gasteiger partial charge is 0.465 e. The standard InChI is InChI=1S/C11H14ClN5O2S/c1-17-6-14-16-7(17)4-3-5-13-11-15-9(12)8(20-11)10(18)19-2/h6H,3-5H2,1-2H3,(H,13,15). The first-order chi connectivity index (χ1) is 9.61. The fraction of sp³-hybridized carbons (Fsp3) is 0.455. The van der Waals surface area contributed by atoms with E-state index in [0.717, 1.165) is 18.7 Å². The number of rotatable bonds is 6. The molecule has 7 nitrogen and oxygen atoms in total. The molecule has 0 unspecified atom stereocenters. The summed E-state index contributed by atoms with van der Waals surface area (Å²) in [6.07, 6.45) is 3.36. The Balaban J connectivity index is 1.83. The lowest BCUT2D eigenvalue weighted by molar-refractivity contribution is 0.0606. The number of nitrogens with one attached hydrogen (secondary N) is 1. The number of hydrogen-bond acceptors (Lipinski definition) is 7. The van der Waals surface area contributed by atoms with Gasteiger partial charge in [0.05, 0.1) is 7.11 Å². The van der Waals surface area contributed by atoms with Crippen molar-refractivity contribution < 1.29 is 9.53 Å². The molecule has 0 radical (unpaired) electrons. The topological polar surface area (TPSA) is 81.9 Å². The van der Waals surface area contributed by atoms with Crippen molar-refractivity contribution in [2.75, 3.05) is 19.0 Å². The third-order valence-corrected chi connectivity index (χ3v) is 3.99. The van der Waals surface area contributed by atoms with E-state index < -0.39 is 5.97 Å². The van der Waals surface area contributed by atoms with Crippen LogP contribution in [0.15, 0.2) is 6.33 Å². The zero-order valence-corrected chi connectivity index (χ0v) is 12.7. The van der Waals surface area contributed by atoms with E-state index in [-0.39, 0.29) is 5.15 Å². The summed E-state index contributed by atoms with van der Waals surface area (Å²) in [5, 5.41) is 11.7. The molecule has 0 amide bonds. The molecule has 0 aliphatic rings. The molecule has 2 rings (SSSR count). The minimum atomic E-state index is -0.473. The molecule has 0 aliphatic carbocycles. The highest BCUT2D eigenvalue weighted by Crippen LogP contribution is 2.27. The second kappa shape index (κ2) is 6.67. The summed E-state index contributed by atoms with van der Waals surface area (Å²) in [4.78, 5) is 15.8. The van der Waals surface area contributed by atoms with Gasteiger partial charge >= 0.3 is 5.97 Å². The first-order valence-electron chi connectivity index (χ1n) is 5.93. The van der Waals surface area contributed by atoms with Gasteiger partial charge in [-0.05, 0) is 6.42 Å². The van der Waals surface area contributed by atoms with Crippen molar-refractivity contribution >= 4 is 34.0 Å². The number of aromatic nitrogens is 4. The smallest absolute Gasteiger partial charge is 0.351 e. The molecule has 2 aromatic heterocycles. The number of methoxy groups -OCH3 is 1. The van der Waals surface area contributed by atoms with Gasteiger partial charge in [-0.2, -0.15) is 0 Å². The zero-order chi connectivity index (χ0) is 14.5.